The van der Waals surface area contributed by atoms with Crippen LogP contribution in [-0.4, -0.2) is 12.5 Å². The Labute approximate surface area is 124 Å². The molecule has 0 bridgehead atoms. The van der Waals surface area contributed by atoms with E-state index in [1.165, 1.54) is 22.9 Å². The summed E-state index contributed by atoms with van der Waals surface area (Å²) < 4.78 is 0. The number of benzene rings is 1. The van der Waals surface area contributed by atoms with Crippen molar-refractivity contribution < 1.29 is 4.79 Å². The Bertz CT molecular complexity index is 577. The molecule has 2 aromatic rings. The molecule has 1 aromatic carbocycles. The number of amides is 1. The molecule has 0 radical (unpaired) electrons. The normalized spacial score (nSPS) is 10.5. The number of anilines is 1. The van der Waals surface area contributed by atoms with Gasteiger partial charge in [-0.15, -0.1) is 11.3 Å². The average molecular weight is 288 g/mol. The molecule has 1 aromatic heterocycles. The van der Waals surface area contributed by atoms with Crippen molar-refractivity contribution in [2.75, 3.05) is 11.9 Å². The standard InChI is InChI=1S/C16H20N2OS/c1-12-4-3-5-14(10-12)6-8-17-11-16-15(7-9-20-16)18-13(2)19/h3-5,7,9-10,17H,6,8,11H2,1-2H3,(H,18,19). The maximum absolute atomic E-state index is 11.1. The van der Waals surface area contributed by atoms with Gasteiger partial charge in [0, 0.05) is 18.3 Å². The third-order valence-corrected chi connectivity index (χ3v) is 3.94. The van der Waals surface area contributed by atoms with E-state index >= 15 is 0 Å². The highest BCUT2D eigenvalue weighted by Crippen LogP contribution is 2.21. The Morgan fingerprint density at radius 1 is 1.30 bits per heavy atom. The van der Waals surface area contributed by atoms with Crippen molar-refractivity contribution in [1.82, 2.24) is 5.32 Å². The monoisotopic (exact) mass is 288 g/mol. The Balaban J connectivity index is 1.79. The summed E-state index contributed by atoms with van der Waals surface area (Å²) in [6, 6.07) is 10.5. The summed E-state index contributed by atoms with van der Waals surface area (Å²) in [7, 11) is 0. The molecule has 0 aliphatic rings. The van der Waals surface area contributed by atoms with E-state index in [0.717, 1.165) is 25.2 Å². The first-order chi connectivity index (χ1) is 9.65. The summed E-state index contributed by atoms with van der Waals surface area (Å²) in [6.07, 6.45) is 1.02. The van der Waals surface area contributed by atoms with E-state index in [0.29, 0.717) is 0 Å². The van der Waals surface area contributed by atoms with E-state index in [9.17, 15) is 4.79 Å². The van der Waals surface area contributed by atoms with Crippen LogP contribution < -0.4 is 10.6 Å². The van der Waals surface area contributed by atoms with Crippen LogP contribution in [-0.2, 0) is 17.8 Å². The number of carbonyl (C=O) groups is 1. The molecular formula is C16H20N2OS. The van der Waals surface area contributed by atoms with E-state index in [2.05, 4.69) is 41.8 Å². The van der Waals surface area contributed by atoms with Crippen LogP contribution in [0.4, 0.5) is 5.69 Å². The number of rotatable bonds is 6. The predicted octanol–water partition coefficient (Wildman–Crippen LogP) is 3.35. The van der Waals surface area contributed by atoms with Gasteiger partial charge in [-0.3, -0.25) is 4.79 Å². The van der Waals surface area contributed by atoms with Crippen LogP contribution in [0.2, 0.25) is 0 Å². The molecule has 0 saturated carbocycles. The smallest absolute Gasteiger partial charge is 0.221 e. The fourth-order valence-electron chi connectivity index (χ4n) is 2.08. The average Bonchev–Trinajstić information content (AvgIpc) is 2.81. The van der Waals surface area contributed by atoms with Crippen LogP contribution in [0.1, 0.15) is 22.9 Å². The summed E-state index contributed by atoms with van der Waals surface area (Å²) >= 11 is 1.66. The molecule has 1 heterocycles. The second-order valence-electron chi connectivity index (χ2n) is 4.85. The SMILES string of the molecule is CC(=O)Nc1ccsc1CNCCc1cccc(C)c1. The van der Waals surface area contributed by atoms with Gasteiger partial charge in [0.15, 0.2) is 0 Å². The molecule has 3 nitrogen and oxygen atoms in total. The summed E-state index contributed by atoms with van der Waals surface area (Å²) in [5.41, 5.74) is 3.57. The zero-order valence-corrected chi connectivity index (χ0v) is 12.7. The van der Waals surface area contributed by atoms with E-state index in [-0.39, 0.29) is 5.91 Å². The molecule has 0 aliphatic heterocycles. The van der Waals surface area contributed by atoms with Gasteiger partial charge in [0.25, 0.3) is 0 Å². The first-order valence-electron chi connectivity index (χ1n) is 6.75. The minimum Gasteiger partial charge on any atom is -0.325 e. The van der Waals surface area contributed by atoms with Crippen molar-refractivity contribution in [3.8, 4) is 0 Å². The number of hydrogen-bond donors (Lipinski definition) is 2. The van der Waals surface area contributed by atoms with Crippen LogP contribution in [0, 0.1) is 6.92 Å². The van der Waals surface area contributed by atoms with E-state index in [4.69, 9.17) is 0 Å². The largest absolute Gasteiger partial charge is 0.325 e. The van der Waals surface area contributed by atoms with Gasteiger partial charge >= 0.3 is 0 Å². The lowest BCUT2D eigenvalue weighted by atomic mass is 10.1. The van der Waals surface area contributed by atoms with Gasteiger partial charge in [-0.25, -0.2) is 0 Å². The summed E-state index contributed by atoms with van der Waals surface area (Å²) in [5.74, 6) is -0.0237. The quantitative estimate of drug-likeness (QED) is 0.800. The maximum Gasteiger partial charge on any atom is 0.221 e. The highest BCUT2D eigenvalue weighted by molar-refractivity contribution is 7.10. The number of nitrogens with one attached hydrogen (secondary N) is 2. The maximum atomic E-state index is 11.1. The fourth-order valence-corrected chi connectivity index (χ4v) is 2.88. The zero-order valence-electron chi connectivity index (χ0n) is 11.9. The second kappa shape index (κ2) is 7.22. The number of aryl methyl sites for hydroxylation is 1. The van der Waals surface area contributed by atoms with Crippen LogP contribution in [0.3, 0.4) is 0 Å². The van der Waals surface area contributed by atoms with Gasteiger partial charge in [0.1, 0.15) is 0 Å². The Hall–Kier alpha value is -1.65. The van der Waals surface area contributed by atoms with E-state index in [1.807, 2.05) is 11.4 Å². The number of hydrogen-bond acceptors (Lipinski definition) is 3. The molecule has 0 saturated heterocycles. The highest BCUT2D eigenvalue weighted by Gasteiger charge is 2.05. The van der Waals surface area contributed by atoms with Gasteiger partial charge < -0.3 is 10.6 Å². The first kappa shape index (κ1) is 14.8. The van der Waals surface area contributed by atoms with Gasteiger partial charge in [-0.2, -0.15) is 0 Å². The Kier molecular flexibility index (Phi) is 5.32. The topological polar surface area (TPSA) is 41.1 Å². The van der Waals surface area contributed by atoms with Gasteiger partial charge in [-0.05, 0) is 36.9 Å². The predicted molar refractivity (Wildman–Crippen MR) is 85.2 cm³/mol. The van der Waals surface area contributed by atoms with E-state index in [1.54, 1.807) is 11.3 Å². The van der Waals surface area contributed by atoms with Crippen molar-refractivity contribution >= 4 is 22.9 Å². The first-order valence-corrected chi connectivity index (χ1v) is 7.63. The second-order valence-corrected chi connectivity index (χ2v) is 5.86. The molecule has 0 atom stereocenters. The molecule has 0 fully saturated rings. The number of thiophene rings is 1. The molecule has 2 N–H and O–H groups in total. The fraction of sp³-hybridized carbons (Fsp3) is 0.312. The van der Waals surface area contributed by atoms with Gasteiger partial charge in [0.05, 0.1) is 5.69 Å². The van der Waals surface area contributed by atoms with Crippen LogP contribution in [0.25, 0.3) is 0 Å². The van der Waals surface area contributed by atoms with Gasteiger partial charge in [-0.1, -0.05) is 29.8 Å². The molecule has 2 rings (SSSR count). The summed E-state index contributed by atoms with van der Waals surface area (Å²) in [4.78, 5) is 12.3. The molecule has 0 spiro atoms. The lowest BCUT2D eigenvalue weighted by molar-refractivity contribution is -0.114. The van der Waals surface area contributed by atoms with Crippen molar-refractivity contribution in [1.29, 1.82) is 0 Å². The molecule has 0 aliphatic carbocycles. The highest BCUT2D eigenvalue weighted by atomic mass is 32.1. The molecule has 106 valence electrons. The Morgan fingerprint density at radius 3 is 2.90 bits per heavy atom. The third kappa shape index (κ3) is 4.47. The molecule has 4 heteroatoms. The summed E-state index contributed by atoms with van der Waals surface area (Å²) in [5, 5.41) is 8.28. The lowest BCUT2D eigenvalue weighted by Gasteiger charge is -2.07. The van der Waals surface area contributed by atoms with Crippen molar-refractivity contribution in [2.24, 2.45) is 0 Å². The van der Waals surface area contributed by atoms with Crippen molar-refractivity contribution in [3.63, 3.8) is 0 Å². The van der Waals surface area contributed by atoms with Gasteiger partial charge in [0.2, 0.25) is 5.91 Å². The molecule has 1 amide bonds. The van der Waals surface area contributed by atoms with Crippen LogP contribution in [0.15, 0.2) is 35.7 Å². The minimum absolute atomic E-state index is 0.0237. The van der Waals surface area contributed by atoms with Crippen LogP contribution >= 0.6 is 11.3 Å². The zero-order chi connectivity index (χ0) is 14.4. The number of carbonyl (C=O) groups excluding carboxylic acids is 1. The van der Waals surface area contributed by atoms with E-state index < -0.39 is 0 Å². The summed E-state index contributed by atoms with van der Waals surface area (Å²) in [6.45, 7) is 5.37. The minimum atomic E-state index is -0.0237. The lowest BCUT2D eigenvalue weighted by Crippen LogP contribution is -2.17. The Morgan fingerprint density at radius 2 is 2.15 bits per heavy atom. The van der Waals surface area contributed by atoms with Crippen LogP contribution in [0.5, 0.6) is 0 Å². The third-order valence-electron chi connectivity index (χ3n) is 3.01. The van der Waals surface area contributed by atoms with Crippen molar-refractivity contribution in [3.05, 3.63) is 51.7 Å². The van der Waals surface area contributed by atoms with Crippen molar-refractivity contribution in [2.45, 2.75) is 26.8 Å². The molecule has 20 heavy (non-hydrogen) atoms. The molecular weight excluding hydrogens is 268 g/mol. The molecule has 0 unspecified atom stereocenters.